The second-order valence-electron chi connectivity index (χ2n) is 26.3. The monoisotopic (exact) mass is 1450 g/mol. The summed E-state index contributed by atoms with van der Waals surface area (Å²) >= 11 is 0. The van der Waals surface area contributed by atoms with Crippen molar-refractivity contribution in [1.29, 1.82) is 0 Å². The zero-order valence-electron chi connectivity index (χ0n) is 63.1. The Morgan fingerprint density at radius 2 is 0.540 bits per heavy atom. The van der Waals surface area contributed by atoms with Crippen molar-refractivity contribution in [2.24, 2.45) is 0 Å². The van der Waals surface area contributed by atoms with Crippen LogP contribution < -0.4 is 0 Å². The van der Waals surface area contributed by atoms with Gasteiger partial charge in [-0.2, -0.15) is 0 Å². The number of aliphatic hydroxyl groups is 1. The highest BCUT2D eigenvalue weighted by Gasteiger charge is 2.30. The topological polar surface area (TPSA) is 237 Å². The summed E-state index contributed by atoms with van der Waals surface area (Å²) in [5, 5.41) is 10.6. The molecule has 0 bridgehead atoms. The lowest BCUT2D eigenvalue weighted by Gasteiger charge is -2.21. The van der Waals surface area contributed by atoms with Gasteiger partial charge < -0.3 is 33.8 Å². The number of hydrogen-bond acceptors (Lipinski definition) is 15. The molecule has 0 heterocycles. The fourth-order valence-corrected chi connectivity index (χ4v) is 12.1. The van der Waals surface area contributed by atoms with E-state index in [1.807, 2.05) is 0 Å². The Balaban J connectivity index is 5.34. The van der Waals surface area contributed by atoms with Gasteiger partial charge in [0.25, 0.3) is 0 Å². The van der Waals surface area contributed by atoms with Gasteiger partial charge in [-0.15, -0.1) is 0 Å². The lowest BCUT2D eigenvalue weighted by atomic mass is 10.1. The molecule has 578 valence electrons. The first-order valence-electron chi connectivity index (χ1n) is 39.5. The Hall–Kier alpha value is -4.02. The van der Waals surface area contributed by atoms with Gasteiger partial charge in [0, 0.05) is 25.7 Å². The van der Waals surface area contributed by atoms with E-state index in [9.17, 15) is 43.2 Å². The molecular formula is C81H142O17P2. The van der Waals surface area contributed by atoms with Gasteiger partial charge in [0.05, 0.1) is 26.4 Å². The predicted octanol–water partition coefficient (Wildman–Crippen LogP) is 22.8. The predicted molar refractivity (Wildman–Crippen MR) is 409 cm³/mol. The normalized spacial score (nSPS) is 14.4. The highest BCUT2D eigenvalue weighted by atomic mass is 31.2. The molecular weight excluding hydrogens is 1310 g/mol. The average Bonchev–Trinajstić information content (AvgIpc) is 1.05. The number of hydrogen-bond donors (Lipinski definition) is 3. The lowest BCUT2D eigenvalue weighted by molar-refractivity contribution is -0.161. The molecule has 0 amide bonds. The second-order valence-corrected chi connectivity index (χ2v) is 29.2. The van der Waals surface area contributed by atoms with E-state index in [0.29, 0.717) is 25.7 Å². The van der Waals surface area contributed by atoms with E-state index >= 15 is 0 Å². The first-order chi connectivity index (χ1) is 48.7. The number of allylic oxidation sites excluding steroid dienone is 16. The molecule has 0 aromatic carbocycles. The van der Waals surface area contributed by atoms with Crippen molar-refractivity contribution in [2.75, 3.05) is 39.6 Å². The van der Waals surface area contributed by atoms with E-state index in [0.717, 1.165) is 199 Å². The molecule has 19 heteroatoms. The van der Waals surface area contributed by atoms with E-state index in [1.54, 1.807) is 0 Å². The molecule has 0 radical (unpaired) electrons. The van der Waals surface area contributed by atoms with Crippen LogP contribution >= 0.6 is 15.6 Å². The van der Waals surface area contributed by atoms with Crippen molar-refractivity contribution < 1.29 is 80.2 Å². The standard InChI is InChI=1S/C81H142O17P2/c1-5-9-13-17-21-25-29-32-34-36-37-39-40-43-47-50-54-58-62-66-79(84)92-72-77(98-81(86)68-64-60-56-52-48-44-41-38-35-33-30-26-22-18-14-10-6-2)74-96-100(89,90)94-70-75(82)69-93-99(87,88)95-73-76(97-80(85)67-63-59-55-51-45-28-24-20-16-12-8-4)71-91-78(83)65-61-57-53-49-46-42-31-27-23-19-15-11-7-3/h10,14-15,19,21-22,25-27,31-35,37,39,75-77,82H,5-9,11-13,16-18,20,23-24,28-30,36,38,40-74H2,1-4H3,(H,87,88)(H,89,90)/b14-10-,19-15-,25-21-,26-22-,31-27-,34-32-,35-33-,39-37-. The summed E-state index contributed by atoms with van der Waals surface area (Å²) in [6.07, 6.45) is 76.7. The third-order valence-corrected chi connectivity index (χ3v) is 18.4. The Labute approximate surface area is 607 Å². The van der Waals surface area contributed by atoms with Crippen LogP contribution in [0.2, 0.25) is 0 Å². The zero-order chi connectivity index (χ0) is 73.2. The third kappa shape index (κ3) is 72.3. The molecule has 5 atom stereocenters. The maximum atomic E-state index is 13.1. The highest BCUT2D eigenvalue weighted by Crippen LogP contribution is 2.45. The molecule has 0 rings (SSSR count). The number of unbranched alkanes of at least 4 members (excludes halogenated alkanes) is 32. The SMILES string of the molecule is CC/C=C\C/C=C\C/C=C\CCCCCCCCCC(=O)OC(COC(=O)CCCCCCCC/C=C\C/C=C\C/C=C\CCCCC)COP(=O)(O)OCC(O)COP(=O)(O)OCC(COC(=O)CCCCCCC/C=C\C/C=C\CCC)OC(=O)CCCCCCCCCCCCC. The van der Waals surface area contributed by atoms with Crippen molar-refractivity contribution in [3.63, 3.8) is 0 Å². The molecule has 0 aliphatic carbocycles. The first kappa shape index (κ1) is 96.0. The van der Waals surface area contributed by atoms with E-state index in [2.05, 4.69) is 125 Å². The molecule has 5 unspecified atom stereocenters. The molecule has 0 aliphatic heterocycles. The number of phosphoric ester groups is 2. The molecule has 0 saturated carbocycles. The maximum absolute atomic E-state index is 13.1. The minimum atomic E-state index is -4.98. The maximum Gasteiger partial charge on any atom is 0.472 e. The van der Waals surface area contributed by atoms with E-state index in [4.69, 9.17) is 37.0 Å². The van der Waals surface area contributed by atoms with Gasteiger partial charge in [-0.3, -0.25) is 37.3 Å². The van der Waals surface area contributed by atoms with Crippen LogP contribution in [0, 0.1) is 0 Å². The van der Waals surface area contributed by atoms with Crippen LogP contribution in [0.4, 0.5) is 0 Å². The molecule has 0 spiro atoms. The van der Waals surface area contributed by atoms with Gasteiger partial charge in [0.1, 0.15) is 19.3 Å². The summed E-state index contributed by atoms with van der Waals surface area (Å²) < 4.78 is 68.5. The Kier molecular flexibility index (Phi) is 70.4. The Morgan fingerprint density at radius 3 is 0.860 bits per heavy atom. The number of rotatable bonds is 74. The van der Waals surface area contributed by atoms with Crippen molar-refractivity contribution >= 4 is 39.5 Å². The molecule has 0 saturated heterocycles. The van der Waals surface area contributed by atoms with Crippen molar-refractivity contribution in [1.82, 2.24) is 0 Å². The minimum Gasteiger partial charge on any atom is -0.462 e. The number of ether oxygens (including phenoxy) is 4. The van der Waals surface area contributed by atoms with Crippen molar-refractivity contribution in [3.8, 4) is 0 Å². The smallest absolute Gasteiger partial charge is 0.462 e. The number of carbonyl (C=O) groups excluding carboxylic acids is 4. The van der Waals surface area contributed by atoms with Gasteiger partial charge in [-0.1, -0.05) is 285 Å². The zero-order valence-corrected chi connectivity index (χ0v) is 64.9. The fourth-order valence-electron chi connectivity index (χ4n) is 10.5. The largest absolute Gasteiger partial charge is 0.472 e. The van der Waals surface area contributed by atoms with Crippen molar-refractivity contribution in [2.45, 2.75) is 354 Å². The summed E-state index contributed by atoms with van der Waals surface area (Å²) in [5.74, 6) is -2.20. The average molecular weight is 1450 g/mol. The van der Waals surface area contributed by atoms with Crippen LogP contribution in [-0.2, 0) is 65.4 Å². The quantitative estimate of drug-likeness (QED) is 0.0169. The van der Waals surface area contributed by atoms with Gasteiger partial charge in [0.15, 0.2) is 12.2 Å². The first-order valence-corrected chi connectivity index (χ1v) is 42.5. The third-order valence-electron chi connectivity index (χ3n) is 16.5. The van der Waals surface area contributed by atoms with Crippen LogP contribution in [-0.4, -0.2) is 96.7 Å². The van der Waals surface area contributed by atoms with Crippen LogP contribution in [0.1, 0.15) is 336 Å². The summed E-state index contributed by atoms with van der Waals surface area (Å²) in [7, 11) is -9.95. The molecule has 0 aromatic rings. The summed E-state index contributed by atoms with van der Waals surface area (Å²) in [6.45, 7) is 4.66. The van der Waals surface area contributed by atoms with E-state index in [-0.39, 0.29) is 25.7 Å². The van der Waals surface area contributed by atoms with Crippen molar-refractivity contribution in [3.05, 3.63) is 97.2 Å². The molecule has 0 aromatic heterocycles. The van der Waals surface area contributed by atoms with E-state index < -0.39 is 97.5 Å². The Morgan fingerprint density at radius 1 is 0.290 bits per heavy atom. The summed E-state index contributed by atoms with van der Waals surface area (Å²) in [6, 6.07) is 0. The number of phosphoric acid groups is 2. The summed E-state index contributed by atoms with van der Waals surface area (Å²) in [5.41, 5.74) is 0. The van der Waals surface area contributed by atoms with Gasteiger partial charge in [-0.05, 0) is 122 Å². The molecule has 17 nitrogen and oxygen atoms in total. The summed E-state index contributed by atoms with van der Waals surface area (Å²) in [4.78, 5) is 72.9. The van der Waals surface area contributed by atoms with Crippen LogP contribution in [0.3, 0.4) is 0 Å². The van der Waals surface area contributed by atoms with Crippen LogP contribution in [0.25, 0.3) is 0 Å². The van der Waals surface area contributed by atoms with E-state index in [1.165, 1.54) is 57.8 Å². The van der Waals surface area contributed by atoms with Crippen LogP contribution in [0.15, 0.2) is 97.2 Å². The fraction of sp³-hybridized carbons (Fsp3) is 0.753. The number of carbonyl (C=O) groups is 4. The number of esters is 4. The minimum absolute atomic E-state index is 0.0807. The van der Waals surface area contributed by atoms with Gasteiger partial charge in [-0.25, -0.2) is 9.13 Å². The highest BCUT2D eigenvalue weighted by molar-refractivity contribution is 7.47. The lowest BCUT2D eigenvalue weighted by Crippen LogP contribution is -2.30. The second kappa shape index (κ2) is 73.3. The van der Waals surface area contributed by atoms with Crippen LogP contribution in [0.5, 0.6) is 0 Å². The molecule has 0 aliphatic rings. The Bertz CT molecular complexity index is 2270. The molecule has 0 fully saturated rings. The van der Waals surface area contributed by atoms with Gasteiger partial charge >= 0.3 is 39.5 Å². The molecule has 3 N–H and O–H groups in total. The van der Waals surface area contributed by atoms with Gasteiger partial charge in [0.2, 0.25) is 0 Å². The number of aliphatic hydroxyl groups excluding tert-OH is 1. The molecule has 100 heavy (non-hydrogen) atoms.